The number of nitrogens with two attached hydrogens (primary N) is 1. The van der Waals surface area contributed by atoms with E-state index in [1.165, 1.54) is 33.3 Å². The SMILES string of the molecule is Cc1ccc(C)c2c1c(C)c(C(C)(C)N)n2C. The van der Waals surface area contributed by atoms with Gasteiger partial charge >= 0.3 is 0 Å². The Morgan fingerprint density at radius 1 is 1.06 bits per heavy atom. The third kappa shape index (κ3) is 1.67. The molecule has 2 heteroatoms. The lowest BCUT2D eigenvalue weighted by Gasteiger charge is -2.21. The van der Waals surface area contributed by atoms with Crippen LogP contribution in [0.2, 0.25) is 0 Å². The Bertz CT molecular complexity index is 538. The predicted molar refractivity (Wildman–Crippen MR) is 74.3 cm³/mol. The molecule has 1 aromatic carbocycles. The molecule has 17 heavy (non-hydrogen) atoms. The first kappa shape index (κ1) is 12.2. The summed E-state index contributed by atoms with van der Waals surface area (Å²) in [7, 11) is 2.12. The van der Waals surface area contributed by atoms with Crippen LogP contribution < -0.4 is 5.73 Å². The van der Waals surface area contributed by atoms with Crippen molar-refractivity contribution in [3.63, 3.8) is 0 Å². The first-order valence-electron chi connectivity index (χ1n) is 6.09. The van der Waals surface area contributed by atoms with Gasteiger partial charge in [-0.3, -0.25) is 0 Å². The van der Waals surface area contributed by atoms with Crippen LogP contribution in [0.25, 0.3) is 10.9 Å². The van der Waals surface area contributed by atoms with Gasteiger partial charge in [0.25, 0.3) is 0 Å². The van der Waals surface area contributed by atoms with Gasteiger partial charge in [0.2, 0.25) is 0 Å². The second-order valence-corrected chi connectivity index (χ2v) is 5.68. The van der Waals surface area contributed by atoms with Crippen LogP contribution in [0.5, 0.6) is 0 Å². The topological polar surface area (TPSA) is 30.9 Å². The fourth-order valence-electron chi connectivity index (χ4n) is 3.10. The standard InChI is InChI=1S/C15H22N2/c1-9-7-8-10(2)13-12(9)11(3)14(17(13)6)15(4,5)16/h7-8H,16H2,1-6H3. The van der Waals surface area contributed by atoms with Crippen molar-refractivity contribution in [3.8, 4) is 0 Å². The molecule has 0 unspecified atom stereocenters. The maximum Gasteiger partial charge on any atom is 0.0515 e. The lowest BCUT2D eigenvalue weighted by molar-refractivity contribution is 0.513. The van der Waals surface area contributed by atoms with E-state index in [4.69, 9.17) is 5.73 Å². The molecule has 0 saturated heterocycles. The number of fused-ring (bicyclic) bond motifs is 1. The molecule has 0 fully saturated rings. The number of benzene rings is 1. The first-order valence-corrected chi connectivity index (χ1v) is 6.09. The molecule has 0 spiro atoms. The number of aromatic nitrogens is 1. The third-order valence-corrected chi connectivity index (χ3v) is 3.60. The van der Waals surface area contributed by atoms with Gasteiger partial charge in [-0.1, -0.05) is 12.1 Å². The summed E-state index contributed by atoms with van der Waals surface area (Å²) in [4.78, 5) is 0. The second-order valence-electron chi connectivity index (χ2n) is 5.68. The van der Waals surface area contributed by atoms with Gasteiger partial charge in [0.1, 0.15) is 0 Å². The Labute approximate surface area is 103 Å². The highest BCUT2D eigenvalue weighted by Gasteiger charge is 2.24. The minimum absolute atomic E-state index is 0.309. The molecule has 0 atom stereocenters. The second kappa shape index (κ2) is 3.61. The Morgan fingerprint density at radius 3 is 2.06 bits per heavy atom. The van der Waals surface area contributed by atoms with E-state index in [0.29, 0.717) is 0 Å². The van der Waals surface area contributed by atoms with E-state index >= 15 is 0 Å². The van der Waals surface area contributed by atoms with Crippen molar-refractivity contribution < 1.29 is 0 Å². The number of aryl methyl sites for hydroxylation is 4. The molecule has 0 amide bonds. The predicted octanol–water partition coefficient (Wildman–Crippen LogP) is 3.30. The highest BCUT2D eigenvalue weighted by Crippen LogP contribution is 2.34. The Hall–Kier alpha value is -1.28. The van der Waals surface area contributed by atoms with Gasteiger partial charge in [0.05, 0.1) is 11.1 Å². The normalized spacial score (nSPS) is 12.4. The summed E-state index contributed by atoms with van der Waals surface area (Å²) in [5.41, 5.74) is 12.5. The maximum absolute atomic E-state index is 6.30. The van der Waals surface area contributed by atoms with Crippen molar-refractivity contribution in [1.82, 2.24) is 4.57 Å². The Morgan fingerprint density at radius 2 is 1.59 bits per heavy atom. The van der Waals surface area contributed by atoms with E-state index in [-0.39, 0.29) is 5.54 Å². The van der Waals surface area contributed by atoms with Gasteiger partial charge in [-0.2, -0.15) is 0 Å². The van der Waals surface area contributed by atoms with Crippen molar-refractivity contribution in [2.75, 3.05) is 0 Å². The van der Waals surface area contributed by atoms with Crippen molar-refractivity contribution in [2.24, 2.45) is 12.8 Å². The Balaban J connectivity index is 3.00. The molecule has 0 aliphatic rings. The van der Waals surface area contributed by atoms with E-state index in [2.05, 4.69) is 58.4 Å². The zero-order valence-corrected chi connectivity index (χ0v) is 11.7. The molecule has 92 valence electrons. The zero-order chi connectivity index (χ0) is 13.0. The summed E-state index contributed by atoms with van der Waals surface area (Å²) in [5, 5.41) is 1.36. The van der Waals surface area contributed by atoms with E-state index in [1.807, 2.05) is 0 Å². The molecular formula is C15H22N2. The molecule has 1 aromatic heterocycles. The number of hydrogen-bond donors (Lipinski definition) is 1. The summed E-state index contributed by atoms with van der Waals surface area (Å²) in [5.74, 6) is 0. The largest absolute Gasteiger partial charge is 0.346 e. The van der Waals surface area contributed by atoms with Crippen LogP contribution in [0, 0.1) is 20.8 Å². The number of rotatable bonds is 1. The molecule has 0 radical (unpaired) electrons. The van der Waals surface area contributed by atoms with Crippen molar-refractivity contribution in [2.45, 2.75) is 40.2 Å². The smallest absolute Gasteiger partial charge is 0.0515 e. The fourth-order valence-corrected chi connectivity index (χ4v) is 3.10. The Kier molecular flexibility index (Phi) is 2.58. The quantitative estimate of drug-likeness (QED) is 0.800. The summed E-state index contributed by atoms with van der Waals surface area (Å²) >= 11 is 0. The lowest BCUT2D eigenvalue weighted by Crippen LogP contribution is -2.31. The van der Waals surface area contributed by atoms with Crippen LogP contribution >= 0.6 is 0 Å². The average Bonchev–Trinajstić information content (AvgIpc) is 2.45. The monoisotopic (exact) mass is 230 g/mol. The van der Waals surface area contributed by atoms with Crippen LogP contribution in [0.15, 0.2) is 12.1 Å². The van der Waals surface area contributed by atoms with Gasteiger partial charge in [-0.15, -0.1) is 0 Å². The van der Waals surface area contributed by atoms with Crippen LogP contribution in [-0.4, -0.2) is 4.57 Å². The van der Waals surface area contributed by atoms with E-state index in [1.54, 1.807) is 0 Å². The fraction of sp³-hybridized carbons (Fsp3) is 0.467. The first-order chi connectivity index (χ1) is 7.75. The summed E-state index contributed by atoms with van der Waals surface area (Å²) in [6.45, 7) is 10.6. The van der Waals surface area contributed by atoms with Gasteiger partial charge in [-0.05, 0) is 51.3 Å². The number of nitrogens with zero attached hydrogens (tertiary/aromatic N) is 1. The lowest BCUT2D eigenvalue weighted by atomic mass is 9.96. The summed E-state index contributed by atoms with van der Waals surface area (Å²) in [6.07, 6.45) is 0. The molecule has 1 heterocycles. The molecule has 0 aliphatic carbocycles. The van der Waals surface area contributed by atoms with Gasteiger partial charge < -0.3 is 10.3 Å². The maximum atomic E-state index is 6.30. The summed E-state index contributed by atoms with van der Waals surface area (Å²) in [6, 6.07) is 4.38. The van der Waals surface area contributed by atoms with Crippen LogP contribution in [0.4, 0.5) is 0 Å². The van der Waals surface area contributed by atoms with E-state index in [0.717, 1.165) is 0 Å². The van der Waals surface area contributed by atoms with Crippen molar-refractivity contribution in [1.29, 1.82) is 0 Å². The minimum atomic E-state index is -0.309. The van der Waals surface area contributed by atoms with E-state index in [9.17, 15) is 0 Å². The average molecular weight is 230 g/mol. The van der Waals surface area contributed by atoms with Crippen molar-refractivity contribution >= 4 is 10.9 Å². The molecule has 2 N–H and O–H groups in total. The van der Waals surface area contributed by atoms with Crippen LogP contribution in [0.3, 0.4) is 0 Å². The van der Waals surface area contributed by atoms with Crippen molar-refractivity contribution in [3.05, 3.63) is 34.5 Å². The van der Waals surface area contributed by atoms with Gasteiger partial charge in [0.15, 0.2) is 0 Å². The van der Waals surface area contributed by atoms with E-state index < -0.39 is 0 Å². The minimum Gasteiger partial charge on any atom is -0.346 e. The molecular weight excluding hydrogens is 208 g/mol. The third-order valence-electron chi connectivity index (χ3n) is 3.60. The molecule has 2 rings (SSSR count). The molecule has 0 bridgehead atoms. The number of hydrogen-bond acceptors (Lipinski definition) is 1. The van der Waals surface area contributed by atoms with Crippen LogP contribution in [0.1, 0.15) is 36.2 Å². The molecule has 2 nitrogen and oxygen atoms in total. The highest BCUT2D eigenvalue weighted by molar-refractivity contribution is 5.91. The highest BCUT2D eigenvalue weighted by atomic mass is 15.0. The molecule has 2 aromatic rings. The molecule has 0 aliphatic heterocycles. The van der Waals surface area contributed by atoms with Gasteiger partial charge in [-0.25, -0.2) is 0 Å². The van der Waals surface area contributed by atoms with Crippen LogP contribution in [-0.2, 0) is 12.6 Å². The van der Waals surface area contributed by atoms with Gasteiger partial charge in [0, 0.05) is 18.1 Å². The zero-order valence-electron chi connectivity index (χ0n) is 11.7. The molecule has 0 saturated carbocycles. The summed E-state index contributed by atoms with van der Waals surface area (Å²) < 4.78 is 2.26.